The summed E-state index contributed by atoms with van der Waals surface area (Å²) in [4.78, 5) is 22.1. The van der Waals surface area contributed by atoms with Crippen molar-refractivity contribution in [2.75, 3.05) is 6.61 Å². The molecular formula is C11H19NO9. The van der Waals surface area contributed by atoms with Gasteiger partial charge >= 0.3 is 5.97 Å². The van der Waals surface area contributed by atoms with Crippen molar-refractivity contribution in [1.29, 1.82) is 0 Å². The second kappa shape index (κ2) is 6.64. The number of aliphatic hydroxyl groups is 5. The lowest BCUT2D eigenvalue weighted by Crippen LogP contribution is -2.67. The second-order valence-corrected chi connectivity index (χ2v) is 4.91. The Labute approximate surface area is 119 Å². The first kappa shape index (κ1) is 17.8. The first-order chi connectivity index (χ1) is 9.62. The molecule has 1 rings (SSSR count). The van der Waals surface area contributed by atoms with E-state index in [0.717, 1.165) is 6.92 Å². The number of aliphatic carboxylic acids is 1. The Morgan fingerprint density at radius 3 is 2.43 bits per heavy atom. The standard InChI is InChI=1S/C11H19NO9/c1-4(14)12-7-5(15)2-11(20,10(18)19)21-9(7)8(17)6(16)3-13/h5-9,13,15-17,20H,2-3H2,1H3,(H,12,14)(H,18,19)/t5-,6+,7+,8-,9+,11?/m0/s1. The maximum absolute atomic E-state index is 11.1. The van der Waals surface area contributed by atoms with Crippen molar-refractivity contribution >= 4 is 11.9 Å². The minimum Gasteiger partial charge on any atom is -0.477 e. The maximum atomic E-state index is 11.1. The van der Waals surface area contributed by atoms with Gasteiger partial charge in [0.2, 0.25) is 5.91 Å². The van der Waals surface area contributed by atoms with Crippen molar-refractivity contribution in [3.63, 3.8) is 0 Å². The molecule has 10 heteroatoms. The zero-order valence-corrected chi connectivity index (χ0v) is 11.2. The van der Waals surface area contributed by atoms with E-state index in [2.05, 4.69) is 5.32 Å². The summed E-state index contributed by atoms with van der Waals surface area (Å²) in [5, 5.41) is 59.0. The largest absolute Gasteiger partial charge is 0.477 e. The molecule has 21 heavy (non-hydrogen) atoms. The molecule has 1 fully saturated rings. The SMILES string of the molecule is CC(=O)N[C@H]1[C@H]([C@@H](O)[C@H](O)CO)OC(O)(C(=O)O)C[C@@H]1O. The Hall–Kier alpha value is -1.30. The fraction of sp³-hybridized carbons (Fsp3) is 0.818. The molecule has 0 bridgehead atoms. The zero-order valence-electron chi connectivity index (χ0n) is 11.2. The van der Waals surface area contributed by atoms with Gasteiger partial charge in [-0.1, -0.05) is 0 Å². The number of carbonyl (C=O) groups is 2. The van der Waals surface area contributed by atoms with Gasteiger partial charge in [-0.05, 0) is 0 Å². The Morgan fingerprint density at radius 2 is 2.00 bits per heavy atom. The highest BCUT2D eigenvalue weighted by molar-refractivity contribution is 5.76. The Morgan fingerprint density at radius 1 is 1.43 bits per heavy atom. The van der Waals surface area contributed by atoms with Gasteiger partial charge in [-0.3, -0.25) is 4.79 Å². The minimum absolute atomic E-state index is 0.598. The van der Waals surface area contributed by atoms with Crippen LogP contribution in [0.3, 0.4) is 0 Å². The molecule has 0 spiro atoms. The fourth-order valence-electron chi connectivity index (χ4n) is 2.14. The lowest BCUT2D eigenvalue weighted by Gasteiger charge is -2.44. The summed E-state index contributed by atoms with van der Waals surface area (Å²) < 4.78 is 4.86. The van der Waals surface area contributed by atoms with Crippen molar-refractivity contribution in [2.45, 2.75) is 49.6 Å². The average molecular weight is 309 g/mol. The second-order valence-electron chi connectivity index (χ2n) is 4.91. The van der Waals surface area contributed by atoms with Crippen LogP contribution in [0, 0.1) is 0 Å². The number of amides is 1. The first-order valence-corrected chi connectivity index (χ1v) is 6.18. The molecule has 10 nitrogen and oxygen atoms in total. The zero-order chi connectivity index (χ0) is 16.4. The monoisotopic (exact) mass is 309 g/mol. The summed E-state index contributed by atoms with van der Waals surface area (Å²) in [6.07, 6.45) is -7.48. The lowest BCUT2D eigenvalue weighted by molar-refractivity contribution is -0.295. The number of carboxylic acid groups (broad SMARTS) is 1. The molecule has 7 N–H and O–H groups in total. The normalized spacial score (nSPS) is 35.8. The molecule has 0 aliphatic carbocycles. The first-order valence-electron chi connectivity index (χ1n) is 6.18. The number of ether oxygens (including phenoxy) is 1. The number of rotatable bonds is 5. The van der Waals surface area contributed by atoms with Gasteiger partial charge in [0.1, 0.15) is 18.3 Å². The molecular weight excluding hydrogens is 290 g/mol. The van der Waals surface area contributed by atoms with E-state index < -0.39 is 61.1 Å². The molecule has 0 aromatic heterocycles. The molecule has 0 saturated carbocycles. The number of nitrogens with one attached hydrogen (secondary N) is 1. The molecule has 6 atom stereocenters. The molecule has 1 amide bonds. The highest BCUT2D eigenvalue weighted by Crippen LogP contribution is 2.30. The van der Waals surface area contributed by atoms with E-state index in [1.807, 2.05) is 0 Å². The van der Waals surface area contributed by atoms with Gasteiger partial charge in [0.05, 0.1) is 18.8 Å². The van der Waals surface area contributed by atoms with Crippen LogP contribution < -0.4 is 5.32 Å². The summed E-state index contributed by atoms with van der Waals surface area (Å²) in [5.41, 5.74) is 0. The van der Waals surface area contributed by atoms with Gasteiger partial charge in [0.15, 0.2) is 0 Å². The molecule has 0 radical (unpaired) electrons. The molecule has 122 valence electrons. The van der Waals surface area contributed by atoms with Crippen LogP contribution in [0.2, 0.25) is 0 Å². The van der Waals surface area contributed by atoms with E-state index in [1.165, 1.54) is 0 Å². The van der Waals surface area contributed by atoms with Gasteiger partial charge in [-0.15, -0.1) is 0 Å². The lowest BCUT2D eigenvalue weighted by atomic mass is 9.88. The quantitative estimate of drug-likeness (QED) is 0.268. The van der Waals surface area contributed by atoms with E-state index in [-0.39, 0.29) is 0 Å². The van der Waals surface area contributed by atoms with Crippen LogP contribution in [0.25, 0.3) is 0 Å². The summed E-state index contributed by atoms with van der Waals surface area (Å²) in [6, 6.07) is -1.27. The molecule has 1 aliphatic heterocycles. The third kappa shape index (κ3) is 3.87. The number of carboxylic acids is 1. The van der Waals surface area contributed by atoms with E-state index in [9.17, 15) is 30.0 Å². The van der Waals surface area contributed by atoms with Crippen LogP contribution in [0.4, 0.5) is 0 Å². The van der Waals surface area contributed by atoms with Gasteiger partial charge in [0.25, 0.3) is 5.79 Å². The Balaban J connectivity index is 3.07. The molecule has 0 aromatic carbocycles. The summed E-state index contributed by atoms with van der Waals surface area (Å²) >= 11 is 0. The van der Waals surface area contributed by atoms with Crippen molar-refractivity contribution in [1.82, 2.24) is 5.32 Å². The van der Waals surface area contributed by atoms with E-state index >= 15 is 0 Å². The van der Waals surface area contributed by atoms with Gasteiger partial charge < -0.3 is 40.7 Å². The summed E-state index contributed by atoms with van der Waals surface area (Å²) in [5.74, 6) is -5.17. The number of hydrogen-bond donors (Lipinski definition) is 7. The topological polar surface area (TPSA) is 177 Å². The minimum atomic E-state index is -2.78. The molecule has 1 aliphatic rings. The highest BCUT2D eigenvalue weighted by Gasteiger charge is 2.53. The third-order valence-corrected chi connectivity index (χ3v) is 3.21. The van der Waals surface area contributed by atoms with Crippen LogP contribution in [0.1, 0.15) is 13.3 Å². The maximum Gasteiger partial charge on any atom is 0.364 e. The van der Waals surface area contributed by atoms with E-state index in [1.54, 1.807) is 0 Å². The third-order valence-electron chi connectivity index (χ3n) is 3.21. The summed E-state index contributed by atoms with van der Waals surface area (Å²) in [6.45, 7) is 0.256. The fourth-order valence-corrected chi connectivity index (χ4v) is 2.14. The Kier molecular flexibility index (Phi) is 5.61. The molecule has 1 saturated heterocycles. The van der Waals surface area contributed by atoms with E-state index in [4.69, 9.17) is 14.9 Å². The highest BCUT2D eigenvalue weighted by atomic mass is 16.7. The van der Waals surface area contributed by atoms with Crippen LogP contribution in [-0.4, -0.2) is 85.4 Å². The van der Waals surface area contributed by atoms with Crippen LogP contribution in [0.5, 0.6) is 0 Å². The predicted molar refractivity (Wildman–Crippen MR) is 64.8 cm³/mol. The van der Waals surface area contributed by atoms with Crippen LogP contribution in [-0.2, 0) is 14.3 Å². The van der Waals surface area contributed by atoms with E-state index in [0.29, 0.717) is 0 Å². The van der Waals surface area contributed by atoms with Gasteiger partial charge in [0, 0.05) is 13.3 Å². The number of aliphatic hydroxyl groups excluding tert-OH is 4. The van der Waals surface area contributed by atoms with Crippen LogP contribution >= 0.6 is 0 Å². The summed E-state index contributed by atoms with van der Waals surface area (Å²) in [7, 11) is 0. The van der Waals surface area contributed by atoms with Gasteiger partial charge in [-0.25, -0.2) is 4.79 Å². The molecule has 1 unspecified atom stereocenters. The smallest absolute Gasteiger partial charge is 0.364 e. The molecule has 1 heterocycles. The van der Waals surface area contributed by atoms with Crippen molar-refractivity contribution in [3.8, 4) is 0 Å². The average Bonchev–Trinajstić information content (AvgIpc) is 2.39. The van der Waals surface area contributed by atoms with Crippen LogP contribution in [0.15, 0.2) is 0 Å². The molecule has 0 aromatic rings. The number of hydrogen-bond acceptors (Lipinski definition) is 8. The van der Waals surface area contributed by atoms with Crippen molar-refractivity contribution in [3.05, 3.63) is 0 Å². The Bertz CT molecular complexity index is 403. The van der Waals surface area contributed by atoms with Crippen molar-refractivity contribution < 1.29 is 45.0 Å². The van der Waals surface area contributed by atoms with Crippen molar-refractivity contribution in [2.24, 2.45) is 0 Å². The number of carbonyl (C=O) groups excluding carboxylic acids is 1. The van der Waals surface area contributed by atoms with Gasteiger partial charge in [-0.2, -0.15) is 0 Å². The predicted octanol–water partition coefficient (Wildman–Crippen LogP) is -3.87.